The smallest absolute Gasteiger partial charge is 0.358 e. The number of hydrogen-bond donors (Lipinski definition) is 1. The first-order valence-corrected chi connectivity index (χ1v) is 7.87. The summed E-state index contributed by atoms with van der Waals surface area (Å²) in [7, 11) is 0. The molecule has 0 aliphatic heterocycles. The number of carboxylic acid groups (broad SMARTS) is 1. The molecule has 0 unspecified atom stereocenters. The summed E-state index contributed by atoms with van der Waals surface area (Å²) in [5.41, 5.74) is 1.93. The van der Waals surface area contributed by atoms with Gasteiger partial charge in [-0.05, 0) is 56.5 Å². The van der Waals surface area contributed by atoms with E-state index in [4.69, 9.17) is 0 Å². The molecule has 21 heavy (non-hydrogen) atoms. The van der Waals surface area contributed by atoms with E-state index in [1.54, 1.807) is 4.68 Å². The lowest BCUT2D eigenvalue weighted by atomic mass is 9.90. The number of carbonyl (C=O) groups is 1. The molecule has 0 aliphatic rings. The maximum absolute atomic E-state index is 11.4. The summed E-state index contributed by atoms with van der Waals surface area (Å²) in [6, 6.07) is 3.91. The average molecular weight is 417 g/mol. The second-order valence-electron chi connectivity index (χ2n) is 5.83. The summed E-state index contributed by atoms with van der Waals surface area (Å²) in [5.74, 6) is -1.08. The van der Waals surface area contributed by atoms with Gasteiger partial charge in [0.05, 0.1) is 11.4 Å². The highest BCUT2D eigenvalue weighted by molar-refractivity contribution is 9.11. The van der Waals surface area contributed by atoms with E-state index in [1.807, 2.05) is 39.8 Å². The Hall–Kier alpha value is -1.21. The molecule has 0 aliphatic carbocycles. The Bertz CT molecular complexity index is 694. The van der Waals surface area contributed by atoms with Crippen molar-refractivity contribution in [3.8, 4) is 5.69 Å². The van der Waals surface area contributed by atoms with Crippen molar-refractivity contribution < 1.29 is 9.90 Å². The van der Waals surface area contributed by atoms with Crippen LogP contribution in [0.25, 0.3) is 5.69 Å². The van der Waals surface area contributed by atoms with E-state index in [-0.39, 0.29) is 5.69 Å². The molecule has 0 saturated carbocycles. The first-order chi connectivity index (χ1) is 9.62. The van der Waals surface area contributed by atoms with Crippen LogP contribution in [0.4, 0.5) is 0 Å². The van der Waals surface area contributed by atoms with Gasteiger partial charge in [0.15, 0.2) is 5.69 Å². The normalized spacial score (nSPS) is 11.7. The van der Waals surface area contributed by atoms with Crippen LogP contribution in [0.5, 0.6) is 0 Å². The number of hydrogen-bond acceptors (Lipinski definition) is 3. The lowest BCUT2D eigenvalue weighted by molar-refractivity contribution is 0.0687. The van der Waals surface area contributed by atoms with E-state index >= 15 is 0 Å². The van der Waals surface area contributed by atoms with Gasteiger partial charge < -0.3 is 5.11 Å². The number of carboxylic acids is 1. The van der Waals surface area contributed by atoms with Crippen LogP contribution in [0.3, 0.4) is 0 Å². The van der Waals surface area contributed by atoms with E-state index in [9.17, 15) is 9.90 Å². The van der Waals surface area contributed by atoms with Crippen LogP contribution in [0.15, 0.2) is 21.1 Å². The molecule has 1 heterocycles. The molecule has 2 rings (SSSR count). The van der Waals surface area contributed by atoms with Gasteiger partial charge in [-0.2, -0.15) is 0 Å². The molecule has 0 amide bonds. The fourth-order valence-electron chi connectivity index (χ4n) is 2.15. The van der Waals surface area contributed by atoms with E-state index < -0.39 is 11.4 Å². The summed E-state index contributed by atoms with van der Waals surface area (Å²) in [5, 5.41) is 17.2. The first-order valence-electron chi connectivity index (χ1n) is 6.28. The largest absolute Gasteiger partial charge is 0.476 e. The Kier molecular flexibility index (Phi) is 4.26. The summed E-state index contributed by atoms with van der Waals surface area (Å²) >= 11 is 7.03. The number of benzene rings is 1. The van der Waals surface area contributed by atoms with Crippen LogP contribution < -0.4 is 0 Å². The van der Waals surface area contributed by atoms with Crippen molar-refractivity contribution in [2.24, 2.45) is 0 Å². The van der Waals surface area contributed by atoms with E-state index in [2.05, 4.69) is 42.2 Å². The molecule has 5 nitrogen and oxygen atoms in total. The van der Waals surface area contributed by atoms with Crippen LogP contribution in [-0.4, -0.2) is 26.1 Å². The summed E-state index contributed by atoms with van der Waals surface area (Å²) < 4.78 is 3.22. The Labute approximate surface area is 139 Å². The third-order valence-corrected chi connectivity index (χ3v) is 4.17. The van der Waals surface area contributed by atoms with Crippen molar-refractivity contribution in [3.63, 3.8) is 0 Å². The molecule has 2 aromatic rings. The second kappa shape index (κ2) is 5.53. The fraction of sp³-hybridized carbons (Fsp3) is 0.357. The van der Waals surface area contributed by atoms with E-state index in [0.29, 0.717) is 5.69 Å². The van der Waals surface area contributed by atoms with Gasteiger partial charge >= 0.3 is 5.97 Å². The number of aromatic carboxylic acids is 1. The molecular formula is C14H15Br2N3O2. The predicted molar refractivity (Wildman–Crippen MR) is 87.2 cm³/mol. The van der Waals surface area contributed by atoms with Crippen LogP contribution in [-0.2, 0) is 5.41 Å². The molecule has 7 heteroatoms. The molecule has 0 radical (unpaired) electrons. The van der Waals surface area contributed by atoms with Gasteiger partial charge in [0, 0.05) is 14.4 Å². The van der Waals surface area contributed by atoms with Crippen molar-refractivity contribution in [2.75, 3.05) is 0 Å². The molecule has 0 fully saturated rings. The summed E-state index contributed by atoms with van der Waals surface area (Å²) in [6.45, 7) is 7.79. The van der Waals surface area contributed by atoms with E-state index in [1.165, 1.54) is 0 Å². The molecule has 0 saturated heterocycles. The monoisotopic (exact) mass is 415 g/mol. The molecular weight excluding hydrogens is 402 g/mol. The molecule has 0 spiro atoms. The minimum atomic E-state index is -1.08. The number of halogens is 2. The third-order valence-electron chi connectivity index (χ3n) is 2.96. The Morgan fingerprint density at radius 2 is 1.76 bits per heavy atom. The second-order valence-corrected chi connectivity index (χ2v) is 7.54. The SMILES string of the molecule is Cc1cc(Br)c(-n2nnc(C(=O)O)c2C(C)(C)C)c(Br)c1. The van der Waals surface area contributed by atoms with Gasteiger partial charge in [0.25, 0.3) is 0 Å². The van der Waals surface area contributed by atoms with Crippen molar-refractivity contribution >= 4 is 37.8 Å². The van der Waals surface area contributed by atoms with Crippen LogP contribution >= 0.6 is 31.9 Å². The highest BCUT2D eigenvalue weighted by Crippen LogP contribution is 2.34. The number of aromatic nitrogens is 3. The molecule has 1 N–H and O–H groups in total. The average Bonchev–Trinajstić information content (AvgIpc) is 2.71. The highest BCUT2D eigenvalue weighted by Gasteiger charge is 2.30. The standard InChI is InChI=1S/C14H15Br2N3O2/c1-7-5-8(15)11(9(16)6-7)19-12(14(2,3)4)10(13(20)21)17-18-19/h5-6H,1-4H3,(H,20,21). The summed E-state index contributed by atoms with van der Waals surface area (Å²) in [4.78, 5) is 11.4. The zero-order valence-electron chi connectivity index (χ0n) is 12.1. The lowest BCUT2D eigenvalue weighted by Gasteiger charge is -2.21. The quantitative estimate of drug-likeness (QED) is 0.800. The van der Waals surface area contributed by atoms with Crippen LogP contribution in [0.2, 0.25) is 0 Å². The predicted octanol–water partition coefficient (Wildman–Crippen LogP) is 4.10. The maximum Gasteiger partial charge on any atom is 0.358 e. The minimum Gasteiger partial charge on any atom is -0.476 e. The van der Waals surface area contributed by atoms with Crippen molar-refractivity contribution in [1.82, 2.24) is 15.0 Å². The zero-order chi connectivity index (χ0) is 15.9. The number of aryl methyl sites for hydroxylation is 1. The van der Waals surface area contributed by atoms with Crippen LogP contribution in [0.1, 0.15) is 42.5 Å². The minimum absolute atomic E-state index is 0.0260. The summed E-state index contributed by atoms with van der Waals surface area (Å²) in [6.07, 6.45) is 0. The molecule has 112 valence electrons. The van der Waals surface area contributed by atoms with Gasteiger partial charge in [0.1, 0.15) is 0 Å². The van der Waals surface area contributed by atoms with Gasteiger partial charge in [-0.3, -0.25) is 0 Å². The molecule has 0 atom stereocenters. The fourth-order valence-corrected chi connectivity index (χ4v) is 3.90. The number of nitrogens with zero attached hydrogens (tertiary/aromatic N) is 3. The Balaban J connectivity index is 2.80. The molecule has 1 aromatic carbocycles. The Morgan fingerprint density at radius 1 is 1.24 bits per heavy atom. The van der Waals surface area contributed by atoms with E-state index in [0.717, 1.165) is 20.2 Å². The third kappa shape index (κ3) is 3.03. The molecule has 0 bridgehead atoms. The maximum atomic E-state index is 11.4. The topological polar surface area (TPSA) is 68.0 Å². The zero-order valence-corrected chi connectivity index (χ0v) is 15.3. The van der Waals surface area contributed by atoms with Crippen molar-refractivity contribution in [1.29, 1.82) is 0 Å². The van der Waals surface area contributed by atoms with Gasteiger partial charge in [-0.1, -0.05) is 26.0 Å². The molecule has 1 aromatic heterocycles. The van der Waals surface area contributed by atoms with Crippen molar-refractivity contribution in [2.45, 2.75) is 33.1 Å². The first kappa shape index (κ1) is 16.2. The van der Waals surface area contributed by atoms with Crippen LogP contribution in [0, 0.1) is 6.92 Å². The van der Waals surface area contributed by atoms with Gasteiger partial charge in [-0.15, -0.1) is 5.10 Å². The van der Waals surface area contributed by atoms with Gasteiger partial charge in [-0.25, -0.2) is 9.48 Å². The lowest BCUT2D eigenvalue weighted by Crippen LogP contribution is -2.21. The highest BCUT2D eigenvalue weighted by atomic mass is 79.9. The number of rotatable bonds is 2. The van der Waals surface area contributed by atoms with Gasteiger partial charge in [0.2, 0.25) is 0 Å². The Morgan fingerprint density at radius 3 is 2.19 bits per heavy atom. The van der Waals surface area contributed by atoms with Crippen molar-refractivity contribution in [3.05, 3.63) is 38.0 Å².